The molecule has 8 nitrogen and oxygen atoms in total. The highest BCUT2D eigenvalue weighted by atomic mass is 32.2. The quantitative estimate of drug-likeness (QED) is 0.525. The molecule has 0 aromatic heterocycles. The third kappa shape index (κ3) is 6.68. The summed E-state index contributed by atoms with van der Waals surface area (Å²) in [5, 5.41) is 0. The minimum atomic E-state index is -3.89. The number of hydrogen-bond donors (Lipinski definition) is 0. The molecule has 1 atom stereocenters. The van der Waals surface area contributed by atoms with Gasteiger partial charge in [0.1, 0.15) is 11.4 Å². The zero-order valence-corrected chi connectivity index (χ0v) is 21.1. The van der Waals surface area contributed by atoms with E-state index in [1.807, 2.05) is 0 Å². The fourth-order valence-corrected chi connectivity index (χ4v) is 5.04. The number of esters is 2. The number of benzene rings is 1. The first kappa shape index (κ1) is 26.6. The highest BCUT2D eigenvalue weighted by Gasteiger charge is 2.40. The topological polar surface area (TPSA) is 99.2 Å². The summed E-state index contributed by atoms with van der Waals surface area (Å²) in [5.74, 6) is -0.372. The molecule has 0 saturated carbocycles. The van der Waals surface area contributed by atoms with Crippen LogP contribution in [0, 0.1) is 0 Å². The molecule has 0 N–H and O–H groups in total. The molecule has 1 aromatic carbocycles. The Morgan fingerprint density at radius 3 is 2.24 bits per heavy atom. The smallest absolute Gasteiger partial charge is 0.333 e. The van der Waals surface area contributed by atoms with E-state index < -0.39 is 27.1 Å². The van der Waals surface area contributed by atoms with Crippen molar-refractivity contribution < 1.29 is 32.2 Å². The number of carbonyl (C=O) groups excluding carboxylic acids is 2. The number of ether oxygens (including phenoxy) is 3. The third-order valence-corrected chi connectivity index (χ3v) is 7.33. The van der Waals surface area contributed by atoms with Crippen molar-refractivity contribution in [2.75, 3.05) is 21.3 Å². The number of sulfonamides is 1. The van der Waals surface area contributed by atoms with E-state index in [-0.39, 0.29) is 23.7 Å². The lowest BCUT2D eigenvalue weighted by atomic mass is 9.84. The summed E-state index contributed by atoms with van der Waals surface area (Å²) in [6, 6.07) is 6.10. The van der Waals surface area contributed by atoms with Gasteiger partial charge in [-0.05, 0) is 70.0 Å². The van der Waals surface area contributed by atoms with Crippen LogP contribution in [-0.4, -0.2) is 57.1 Å². The normalized spacial score (nSPS) is 18.9. The van der Waals surface area contributed by atoms with Gasteiger partial charge in [0, 0.05) is 25.5 Å². The highest BCUT2D eigenvalue weighted by Crippen LogP contribution is 2.36. The van der Waals surface area contributed by atoms with E-state index in [9.17, 15) is 18.0 Å². The first-order valence-corrected chi connectivity index (χ1v) is 12.0. The molecule has 0 saturated heterocycles. The number of likely N-dealkylation sites (N-methyl/N-ethyl adjacent to an activating group) is 1. The standard InChI is InChI=1S/C24H33NO7S/c1-23(2,3)32-21(26)13-8-17-14-18(22(27)31-7)16-24(4,15-17)25(5)33(28,29)20-11-9-19(30-6)10-12-20/h9-12,14-15H,8,13,16H2,1-7H3. The van der Waals surface area contributed by atoms with E-state index in [0.717, 1.165) is 0 Å². The third-order valence-electron chi connectivity index (χ3n) is 5.33. The van der Waals surface area contributed by atoms with Gasteiger partial charge < -0.3 is 14.2 Å². The Labute approximate surface area is 196 Å². The molecular formula is C24H33NO7S. The van der Waals surface area contributed by atoms with Gasteiger partial charge in [-0.25, -0.2) is 13.2 Å². The molecule has 1 aromatic rings. The molecule has 0 spiro atoms. The lowest BCUT2D eigenvalue weighted by Gasteiger charge is -2.38. The van der Waals surface area contributed by atoms with Gasteiger partial charge in [0.25, 0.3) is 0 Å². The molecular weight excluding hydrogens is 446 g/mol. The van der Waals surface area contributed by atoms with Crippen molar-refractivity contribution in [3.05, 3.63) is 47.6 Å². The molecule has 33 heavy (non-hydrogen) atoms. The molecule has 0 bridgehead atoms. The maximum absolute atomic E-state index is 13.4. The van der Waals surface area contributed by atoms with Crippen LogP contribution < -0.4 is 4.74 Å². The van der Waals surface area contributed by atoms with Crippen molar-refractivity contribution >= 4 is 22.0 Å². The van der Waals surface area contributed by atoms with Gasteiger partial charge in [-0.1, -0.05) is 6.08 Å². The Morgan fingerprint density at radius 1 is 1.12 bits per heavy atom. The maximum Gasteiger partial charge on any atom is 0.333 e. The number of allylic oxidation sites excluding steroid dienone is 2. The summed E-state index contributed by atoms with van der Waals surface area (Å²) in [6.45, 7) is 7.10. The Morgan fingerprint density at radius 2 is 1.73 bits per heavy atom. The van der Waals surface area contributed by atoms with Crippen molar-refractivity contribution in [1.82, 2.24) is 4.31 Å². The second-order valence-corrected chi connectivity index (χ2v) is 11.1. The van der Waals surface area contributed by atoms with E-state index >= 15 is 0 Å². The molecule has 0 radical (unpaired) electrons. The molecule has 9 heteroatoms. The van der Waals surface area contributed by atoms with Crippen molar-refractivity contribution in [3.8, 4) is 5.75 Å². The summed E-state index contributed by atoms with van der Waals surface area (Å²) < 4.78 is 43.3. The van der Waals surface area contributed by atoms with Crippen LogP contribution in [0.5, 0.6) is 5.75 Å². The summed E-state index contributed by atoms with van der Waals surface area (Å²) >= 11 is 0. The molecule has 1 aliphatic rings. The van der Waals surface area contributed by atoms with Crippen molar-refractivity contribution in [2.45, 2.75) is 63.0 Å². The first-order chi connectivity index (χ1) is 15.2. The minimum Gasteiger partial charge on any atom is -0.497 e. The number of rotatable bonds is 8. The number of carbonyl (C=O) groups is 2. The predicted molar refractivity (Wildman–Crippen MR) is 124 cm³/mol. The van der Waals surface area contributed by atoms with Gasteiger partial charge in [0.05, 0.1) is 24.7 Å². The van der Waals surface area contributed by atoms with E-state index in [1.54, 1.807) is 52.0 Å². The van der Waals surface area contributed by atoms with Crippen LogP contribution in [0.2, 0.25) is 0 Å². The zero-order valence-electron chi connectivity index (χ0n) is 20.3. The lowest BCUT2D eigenvalue weighted by molar-refractivity contribution is -0.154. The van der Waals surface area contributed by atoms with Crippen LogP contribution in [0.15, 0.2) is 52.5 Å². The highest BCUT2D eigenvalue weighted by molar-refractivity contribution is 7.89. The zero-order chi connectivity index (χ0) is 25.0. The molecule has 0 aliphatic heterocycles. The van der Waals surface area contributed by atoms with Gasteiger partial charge in [-0.2, -0.15) is 4.31 Å². The Hall–Kier alpha value is -2.65. The fourth-order valence-electron chi connectivity index (χ4n) is 3.58. The molecule has 0 fully saturated rings. The van der Waals surface area contributed by atoms with Crippen LogP contribution in [0.4, 0.5) is 0 Å². The molecule has 1 unspecified atom stereocenters. The van der Waals surface area contributed by atoms with E-state index in [2.05, 4.69) is 0 Å². The van der Waals surface area contributed by atoms with Crippen LogP contribution in [-0.2, 0) is 29.1 Å². The SMILES string of the molecule is COC(=O)C1=CC(CCC(=O)OC(C)(C)C)=CC(C)(N(C)S(=O)(=O)c2ccc(OC)cc2)C1. The van der Waals surface area contributed by atoms with E-state index in [4.69, 9.17) is 14.2 Å². The van der Waals surface area contributed by atoms with Crippen LogP contribution in [0.1, 0.15) is 47.0 Å². The average Bonchev–Trinajstić information content (AvgIpc) is 2.75. The summed E-state index contributed by atoms with van der Waals surface area (Å²) in [6.07, 6.45) is 3.96. The van der Waals surface area contributed by atoms with Crippen LogP contribution in [0.3, 0.4) is 0 Å². The van der Waals surface area contributed by atoms with Crippen LogP contribution in [0.25, 0.3) is 0 Å². The number of nitrogens with zero attached hydrogens (tertiary/aromatic N) is 1. The minimum absolute atomic E-state index is 0.0963. The summed E-state index contributed by atoms with van der Waals surface area (Å²) in [5.41, 5.74) is -0.669. The number of methoxy groups -OCH3 is 2. The van der Waals surface area contributed by atoms with Gasteiger partial charge in [-0.15, -0.1) is 0 Å². The average molecular weight is 480 g/mol. The van der Waals surface area contributed by atoms with Gasteiger partial charge in [0.2, 0.25) is 10.0 Å². The van der Waals surface area contributed by atoms with Crippen molar-refractivity contribution in [1.29, 1.82) is 0 Å². The largest absolute Gasteiger partial charge is 0.497 e. The van der Waals surface area contributed by atoms with Gasteiger partial charge in [0.15, 0.2) is 0 Å². The monoisotopic (exact) mass is 479 g/mol. The Balaban J connectivity index is 2.36. The van der Waals surface area contributed by atoms with Crippen molar-refractivity contribution in [2.24, 2.45) is 0 Å². The summed E-state index contributed by atoms with van der Waals surface area (Å²) in [7, 11) is 0.357. The summed E-state index contributed by atoms with van der Waals surface area (Å²) in [4.78, 5) is 24.6. The molecule has 2 rings (SSSR count). The lowest BCUT2D eigenvalue weighted by Crippen LogP contribution is -2.47. The van der Waals surface area contributed by atoms with Gasteiger partial charge >= 0.3 is 11.9 Å². The second kappa shape index (κ2) is 10.1. The van der Waals surface area contributed by atoms with Gasteiger partial charge in [-0.3, -0.25) is 4.79 Å². The van der Waals surface area contributed by atoms with Crippen LogP contribution >= 0.6 is 0 Å². The van der Waals surface area contributed by atoms with E-state index in [1.165, 1.54) is 37.7 Å². The van der Waals surface area contributed by atoms with Crippen molar-refractivity contribution in [3.63, 3.8) is 0 Å². The number of hydrogen-bond acceptors (Lipinski definition) is 7. The molecule has 1 aliphatic carbocycles. The Bertz CT molecular complexity index is 1050. The molecule has 0 amide bonds. The fraction of sp³-hybridized carbons (Fsp3) is 0.500. The second-order valence-electron chi connectivity index (χ2n) is 9.15. The predicted octanol–water partition coefficient (Wildman–Crippen LogP) is 3.63. The molecule has 182 valence electrons. The first-order valence-electron chi connectivity index (χ1n) is 10.6. The maximum atomic E-state index is 13.4. The van der Waals surface area contributed by atoms with E-state index in [0.29, 0.717) is 23.3 Å². The Kier molecular flexibility index (Phi) is 8.13. The molecule has 0 heterocycles.